The highest BCUT2D eigenvalue weighted by atomic mass is 16.5. The minimum atomic E-state index is -0.630. The summed E-state index contributed by atoms with van der Waals surface area (Å²) >= 11 is 0. The molecule has 0 fully saturated rings. The van der Waals surface area contributed by atoms with Gasteiger partial charge in [0.15, 0.2) is 5.78 Å². The minimum Gasteiger partial charge on any atom is -0.507 e. The SMILES string of the molecule is C=CC(=O)Oc1c(CC)cccc1-c1cc(C(=O)c2ccc(OC)cc2O)c(O)cc1OC. The summed E-state index contributed by atoms with van der Waals surface area (Å²) in [6.45, 7) is 5.36. The summed E-state index contributed by atoms with van der Waals surface area (Å²) in [4.78, 5) is 25.2. The van der Waals surface area contributed by atoms with Crippen molar-refractivity contribution in [3.63, 3.8) is 0 Å². The summed E-state index contributed by atoms with van der Waals surface area (Å²) in [5.74, 6) is -0.889. The molecule has 0 unspecified atom stereocenters. The highest BCUT2D eigenvalue weighted by Gasteiger charge is 2.23. The molecule has 0 saturated heterocycles. The summed E-state index contributed by atoms with van der Waals surface area (Å²) in [7, 11) is 2.87. The molecule has 0 spiro atoms. The highest BCUT2D eigenvalue weighted by molar-refractivity contribution is 6.13. The predicted octanol–water partition coefficient (Wildman–Crippen LogP) is 4.67. The van der Waals surface area contributed by atoms with Gasteiger partial charge in [-0.1, -0.05) is 31.7 Å². The number of carbonyl (C=O) groups excluding carboxylic acids is 2. The third kappa shape index (κ3) is 4.67. The number of esters is 1. The van der Waals surface area contributed by atoms with Gasteiger partial charge in [-0.05, 0) is 30.2 Å². The molecule has 3 aromatic rings. The number of benzene rings is 3. The number of methoxy groups -OCH3 is 2. The smallest absolute Gasteiger partial charge is 0.335 e. The van der Waals surface area contributed by atoms with E-state index in [1.807, 2.05) is 13.0 Å². The second-order valence-electron chi connectivity index (χ2n) is 7.05. The maximum absolute atomic E-state index is 13.2. The van der Waals surface area contributed by atoms with Crippen LogP contribution in [0.3, 0.4) is 0 Å². The zero-order valence-electron chi connectivity index (χ0n) is 18.5. The van der Waals surface area contributed by atoms with E-state index in [2.05, 4.69) is 6.58 Å². The van der Waals surface area contributed by atoms with Crippen LogP contribution in [-0.4, -0.2) is 36.2 Å². The Kier molecular flexibility index (Phi) is 7.03. The van der Waals surface area contributed by atoms with Gasteiger partial charge in [-0.25, -0.2) is 4.79 Å². The molecule has 3 aromatic carbocycles. The van der Waals surface area contributed by atoms with Crippen LogP contribution in [0.2, 0.25) is 0 Å². The van der Waals surface area contributed by atoms with Crippen LogP contribution in [0.5, 0.6) is 28.7 Å². The molecule has 7 nitrogen and oxygen atoms in total. The molecular weight excluding hydrogens is 424 g/mol. The number of ether oxygens (including phenoxy) is 3. The normalized spacial score (nSPS) is 10.4. The van der Waals surface area contributed by atoms with Crippen LogP contribution in [0.4, 0.5) is 0 Å². The molecule has 0 aliphatic carbocycles. The molecule has 0 aliphatic heterocycles. The fourth-order valence-electron chi connectivity index (χ4n) is 3.44. The van der Waals surface area contributed by atoms with Gasteiger partial charge in [0.05, 0.1) is 25.3 Å². The monoisotopic (exact) mass is 448 g/mol. The molecule has 0 bridgehead atoms. The summed E-state index contributed by atoms with van der Waals surface area (Å²) in [5.41, 5.74) is 1.61. The Bertz CT molecular complexity index is 1230. The molecule has 2 N–H and O–H groups in total. The first-order valence-electron chi connectivity index (χ1n) is 10.1. The van der Waals surface area contributed by atoms with E-state index < -0.39 is 11.8 Å². The maximum atomic E-state index is 13.2. The van der Waals surface area contributed by atoms with E-state index in [0.717, 1.165) is 11.6 Å². The van der Waals surface area contributed by atoms with Crippen molar-refractivity contribution in [1.82, 2.24) is 0 Å². The fourth-order valence-corrected chi connectivity index (χ4v) is 3.44. The molecule has 170 valence electrons. The minimum absolute atomic E-state index is 0.0113. The van der Waals surface area contributed by atoms with Gasteiger partial charge in [0.1, 0.15) is 28.7 Å². The Labute approximate surface area is 191 Å². The summed E-state index contributed by atoms with van der Waals surface area (Å²) in [5, 5.41) is 20.9. The first kappa shape index (κ1) is 23.4. The van der Waals surface area contributed by atoms with Crippen LogP contribution in [-0.2, 0) is 11.2 Å². The third-order valence-corrected chi connectivity index (χ3v) is 5.15. The molecule has 0 radical (unpaired) electrons. The Morgan fingerprint density at radius 2 is 1.67 bits per heavy atom. The lowest BCUT2D eigenvalue weighted by Gasteiger charge is -2.17. The molecule has 0 aliphatic rings. The summed E-state index contributed by atoms with van der Waals surface area (Å²) in [6.07, 6.45) is 1.64. The first-order valence-corrected chi connectivity index (χ1v) is 10.1. The van der Waals surface area contributed by atoms with Crippen molar-refractivity contribution in [2.24, 2.45) is 0 Å². The maximum Gasteiger partial charge on any atom is 0.335 e. The number of ketones is 1. The van der Waals surface area contributed by atoms with Crippen LogP contribution >= 0.6 is 0 Å². The molecular formula is C26H24O7. The van der Waals surface area contributed by atoms with Gasteiger partial charge in [0.2, 0.25) is 0 Å². The standard InChI is InChI=1S/C26H24O7/c1-5-15-8-7-9-17(26(15)33-24(29)6-2)19-13-20(22(28)14-23(19)32-4)25(30)18-11-10-16(31-3)12-21(18)27/h6-14,27-28H,2,5H2,1,3-4H3. The largest absolute Gasteiger partial charge is 0.507 e. The van der Waals surface area contributed by atoms with Crippen LogP contribution < -0.4 is 14.2 Å². The average molecular weight is 448 g/mol. The van der Waals surface area contributed by atoms with E-state index in [4.69, 9.17) is 14.2 Å². The second-order valence-corrected chi connectivity index (χ2v) is 7.05. The number of phenolic OH excluding ortho intramolecular Hbond substituents is 2. The van der Waals surface area contributed by atoms with Crippen molar-refractivity contribution < 1.29 is 34.0 Å². The lowest BCUT2D eigenvalue weighted by Crippen LogP contribution is -2.08. The number of carbonyl (C=O) groups is 2. The van der Waals surface area contributed by atoms with E-state index >= 15 is 0 Å². The highest BCUT2D eigenvalue weighted by Crippen LogP contribution is 2.42. The van der Waals surface area contributed by atoms with Crippen molar-refractivity contribution >= 4 is 11.8 Å². The van der Waals surface area contributed by atoms with E-state index in [1.54, 1.807) is 12.1 Å². The van der Waals surface area contributed by atoms with Crippen molar-refractivity contribution in [1.29, 1.82) is 0 Å². The fraction of sp³-hybridized carbons (Fsp3) is 0.154. The number of para-hydroxylation sites is 1. The Balaban J connectivity index is 2.21. The Hall–Kier alpha value is -4.26. The van der Waals surface area contributed by atoms with Gasteiger partial charge in [0.25, 0.3) is 0 Å². The number of aromatic hydroxyl groups is 2. The van der Waals surface area contributed by atoms with Crippen molar-refractivity contribution in [2.45, 2.75) is 13.3 Å². The van der Waals surface area contributed by atoms with E-state index in [0.29, 0.717) is 29.0 Å². The van der Waals surface area contributed by atoms with E-state index in [1.165, 1.54) is 44.6 Å². The van der Waals surface area contributed by atoms with Gasteiger partial charge in [-0.3, -0.25) is 4.79 Å². The lowest BCUT2D eigenvalue weighted by atomic mass is 9.94. The molecule has 0 heterocycles. The topological polar surface area (TPSA) is 102 Å². The second kappa shape index (κ2) is 9.91. The van der Waals surface area contributed by atoms with Gasteiger partial charge in [0, 0.05) is 29.3 Å². The number of rotatable bonds is 8. The molecule has 3 rings (SSSR count). The number of aryl methyl sites for hydroxylation is 1. The van der Waals surface area contributed by atoms with Gasteiger partial charge in [-0.2, -0.15) is 0 Å². The van der Waals surface area contributed by atoms with Crippen molar-refractivity contribution in [3.05, 3.63) is 77.9 Å². The first-order chi connectivity index (χ1) is 15.8. The van der Waals surface area contributed by atoms with E-state index in [-0.39, 0.29) is 28.4 Å². The molecule has 33 heavy (non-hydrogen) atoms. The van der Waals surface area contributed by atoms with Crippen molar-refractivity contribution in [3.8, 4) is 39.9 Å². The van der Waals surface area contributed by atoms with Crippen LogP contribution in [0.1, 0.15) is 28.4 Å². The average Bonchev–Trinajstić information content (AvgIpc) is 2.83. The number of hydrogen-bond acceptors (Lipinski definition) is 7. The zero-order chi connectivity index (χ0) is 24.1. The molecule has 7 heteroatoms. The quantitative estimate of drug-likeness (QED) is 0.223. The number of phenols is 2. The Morgan fingerprint density at radius 1 is 0.939 bits per heavy atom. The number of hydrogen-bond donors (Lipinski definition) is 2. The zero-order valence-corrected chi connectivity index (χ0v) is 18.5. The molecule has 0 saturated carbocycles. The van der Waals surface area contributed by atoms with Crippen LogP contribution in [0, 0.1) is 0 Å². The predicted molar refractivity (Wildman–Crippen MR) is 123 cm³/mol. The van der Waals surface area contributed by atoms with Crippen LogP contribution in [0.25, 0.3) is 11.1 Å². The summed E-state index contributed by atoms with van der Waals surface area (Å²) in [6, 6.07) is 12.3. The van der Waals surface area contributed by atoms with E-state index in [9.17, 15) is 19.8 Å². The molecule has 0 amide bonds. The molecule has 0 atom stereocenters. The lowest BCUT2D eigenvalue weighted by molar-refractivity contribution is -0.128. The third-order valence-electron chi connectivity index (χ3n) is 5.15. The van der Waals surface area contributed by atoms with Crippen LogP contribution in [0.15, 0.2) is 61.2 Å². The van der Waals surface area contributed by atoms with Crippen molar-refractivity contribution in [2.75, 3.05) is 14.2 Å². The van der Waals surface area contributed by atoms with Gasteiger partial charge >= 0.3 is 5.97 Å². The Morgan fingerprint density at radius 3 is 2.27 bits per heavy atom. The molecule has 0 aromatic heterocycles. The van der Waals surface area contributed by atoms with Gasteiger partial charge < -0.3 is 24.4 Å². The van der Waals surface area contributed by atoms with Gasteiger partial charge in [-0.15, -0.1) is 0 Å². The summed E-state index contributed by atoms with van der Waals surface area (Å²) < 4.78 is 16.0.